The predicted molar refractivity (Wildman–Crippen MR) is 135 cm³/mol. The van der Waals surface area contributed by atoms with E-state index >= 15 is 0 Å². The molecule has 184 valence electrons. The second-order valence-corrected chi connectivity index (χ2v) is 11.2. The number of nitrogens with one attached hydrogen (secondary N) is 2. The molecule has 0 aromatic carbocycles. The van der Waals surface area contributed by atoms with Crippen LogP contribution in [-0.4, -0.2) is 66.7 Å². The number of aryl methyl sites for hydroxylation is 2. The number of hydrogen-bond acceptors (Lipinski definition) is 10. The van der Waals surface area contributed by atoms with Crippen molar-refractivity contribution in [3.8, 4) is 10.6 Å². The zero-order valence-electron chi connectivity index (χ0n) is 20.3. The first-order valence-electron chi connectivity index (χ1n) is 11.7. The van der Waals surface area contributed by atoms with Gasteiger partial charge in [-0.15, -0.1) is 11.3 Å². The van der Waals surface area contributed by atoms with E-state index in [1.165, 1.54) is 0 Å². The molecular weight excluding hydrogens is 452 g/mol. The normalized spacial score (nSPS) is 22.9. The molecule has 5 N–H and O–H groups in total. The molecule has 0 saturated heterocycles. The summed E-state index contributed by atoms with van der Waals surface area (Å²) in [5.74, 6) is 0.643. The van der Waals surface area contributed by atoms with Crippen molar-refractivity contribution in [2.45, 2.75) is 65.7 Å². The number of aromatic nitrogens is 4. The molecule has 4 rings (SSSR count). The summed E-state index contributed by atoms with van der Waals surface area (Å²) in [6, 6.07) is 1.50. The topological polar surface area (TPSA) is 136 Å². The molecule has 0 bridgehead atoms. The molecule has 0 aliphatic heterocycles. The van der Waals surface area contributed by atoms with Crippen LogP contribution in [0.5, 0.6) is 0 Å². The molecule has 9 nitrogen and oxygen atoms in total. The zero-order valence-corrected chi connectivity index (χ0v) is 21.1. The second kappa shape index (κ2) is 9.69. The van der Waals surface area contributed by atoms with Gasteiger partial charge in [0.05, 0.1) is 33.8 Å². The van der Waals surface area contributed by atoms with Crippen molar-refractivity contribution in [3.05, 3.63) is 23.7 Å². The van der Waals surface area contributed by atoms with E-state index in [0.717, 1.165) is 38.6 Å². The predicted octanol–water partition coefficient (Wildman–Crippen LogP) is 2.99. The number of fused-ring (bicyclic) bond motifs is 1. The van der Waals surface area contributed by atoms with Crippen molar-refractivity contribution >= 4 is 33.3 Å². The summed E-state index contributed by atoms with van der Waals surface area (Å²) in [4.78, 5) is 18.8. The van der Waals surface area contributed by atoms with Crippen molar-refractivity contribution in [3.63, 3.8) is 0 Å². The van der Waals surface area contributed by atoms with Crippen LogP contribution in [0.2, 0.25) is 0 Å². The molecule has 0 amide bonds. The number of rotatable bonds is 7. The van der Waals surface area contributed by atoms with Gasteiger partial charge in [-0.05, 0) is 31.2 Å². The number of aliphatic hydroxyl groups is 3. The van der Waals surface area contributed by atoms with E-state index < -0.39 is 24.2 Å². The van der Waals surface area contributed by atoms with Gasteiger partial charge in [-0.1, -0.05) is 27.7 Å². The van der Waals surface area contributed by atoms with Crippen LogP contribution in [0.25, 0.3) is 20.8 Å². The average Bonchev–Trinajstić information content (AvgIpc) is 3.33. The first-order valence-corrected chi connectivity index (χ1v) is 12.5. The summed E-state index contributed by atoms with van der Waals surface area (Å²) in [7, 11) is 0. The quantitative estimate of drug-likeness (QED) is 0.341. The fourth-order valence-electron chi connectivity index (χ4n) is 4.25. The maximum Gasteiger partial charge on any atom is 0.224 e. The van der Waals surface area contributed by atoms with Gasteiger partial charge in [0.1, 0.15) is 22.4 Å². The minimum absolute atomic E-state index is 0.0419. The molecule has 34 heavy (non-hydrogen) atoms. The van der Waals surface area contributed by atoms with Gasteiger partial charge in [0.2, 0.25) is 5.95 Å². The largest absolute Gasteiger partial charge is 0.396 e. The Labute approximate surface area is 203 Å². The third-order valence-electron chi connectivity index (χ3n) is 6.16. The Hall–Kier alpha value is -2.40. The van der Waals surface area contributed by atoms with E-state index in [0.29, 0.717) is 24.7 Å². The number of anilines is 2. The smallest absolute Gasteiger partial charge is 0.224 e. The highest BCUT2D eigenvalue weighted by Crippen LogP contribution is 2.38. The van der Waals surface area contributed by atoms with Crippen LogP contribution in [0.1, 0.15) is 45.5 Å². The van der Waals surface area contributed by atoms with Gasteiger partial charge in [-0.2, -0.15) is 4.98 Å². The minimum atomic E-state index is -1.02. The Morgan fingerprint density at radius 2 is 1.91 bits per heavy atom. The molecule has 3 heterocycles. The molecule has 1 unspecified atom stereocenters. The maximum atomic E-state index is 10.6. The van der Waals surface area contributed by atoms with Crippen molar-refractivity contribution < 1.29 is 15.3 Å². The van der Waals surface area contributed by atoms with Crippen LogP contribution < -0.4 is 10.6 Å². The lowest BCUT2D eigenvalue weighted by atomic mass is 9.97. The summed E-state index contributed by atoms with van der Waals surface area (Å²) in [6.07, 6.45) is 1.00. The molecule has 1 aliphatic rings. The summed E-state index contributed by atoms with van der Waals surface area (Å²) >= 11 is 1.55. The molecule has 3 aromatic rings. The van der Waals surface area contributed by atoms with Gasteiger partial charge in [0, 0.05) is 25.3 Å². The van der Waals surface area contributed by atoms with E-state index in [4.69, 9.17) is 15.0 Å². The van der Waals surface area contributed by atoms with Crippen LogP contribution in [0.3, 0.4) is 0 Å². The van der Waals surface area contributed by atoms with Gasteiger partial charge < -0.3 is 26.0 Å². The lowest BCUT2D eigenvalue weighted by Gasteiger charge is -2.22. The standard InChI is InChI=1S/C24H34N6O3S/c1-6-14-18-16(7-8-25-14)34-22(29-18)17-12(2)27-23(26-11-24(3,4)5)30-21(17)28-15-9-13(10-31)19(32)20(15)33/h7-8,13,15,19-20,31-33H,6,9-11H2,1-5H3,(H2,26,27,28,30)/t13-,15?,19-,20+/m1/s1. The highest BCUT2D eigenvalue weighted by molar-refractivity contribution is 7.21. The molecule has 3 aromatic heterocycles. The van der Waals surface area contributed by atoms with Crippen molar-refractivity contribution in [2.75, 3.05) is 23.8 Å². The Kier molecular flexibility index (Phi) is 7.04. The molecule has 1 aliphatic carbocycles. The van der Waals surface area contributed by atoms with Crippen molar-refractivity contribution in [1.82, 2.24) is 19.9 Å². The Bertz CT molecular complexity index is 1160. The van der Waals surface area contributed by atoms with Crippen LogP contribution in [0, 0.1) is 18.3 Å². The SMILES string of the molecule is CCc1nccc2sc(-c3c(C)nc(NCC(C)(C)C)nc3NC3C[C@H](CO)[C@@H](O)[C@H]3O)nc12. The lowest BCUT2D eigenvalue weighted by Crippen LogP contribution is -2.36. The van der Waals surface area contributed by atoms with E-state index in [9.17, 15) is 15.3 Å². The van der Waals surface area contributed by atoms with E-state index in [1.807, 2.05) is 13.0 Å². The third kappa shape index (κ3) is 5.00. The number of aliphatic hydroxyl groups excluding tert-OH is 3. The fraction of sp³-hybridized carbons (Fsp3) is 0.583. The number of thiazole rings is 1. The lowest BCUT2D eigenvalue weighted by molar-refractivity contribution is 0.00446. The first kappa shape index (κ1) is 24.7. The number of pyridine rings is 1. The van der Waals surface area contributed by atoms with Crippen LogP contribution in [-0.2, 0) is 6.42 Å². The van der Waals surface area contributed by atoms with Crippen LogP contribution in [0.4, 0.5) is 11.8 Å². The van der Waals surface area contributed by atoms with Crippen LogP contribution >= 0.6 is 11.3 Å². The molecule has 1 saturated carbocycles. The number of nitrogens with zero attached hydrogens (tertiary/aromatic N) is 4. The summed E-state index contributed by atoms with van der Waals surface area (Å²) in [5, 5.41) is 37.9. The van der Waals surface area contributed by atoms with E-state index in [1.54, 1.807) is 17.5 Å². The first-order chi connectivity index (χ1) is 16.1. The average molecular weight is 487 g/mol. The van der Waals surface area contributed by atoms with Crippen LogP contribution in [0.15, 0.2) is 12.3 Å². The Morgan fingerprint density at radius 3 is 2.56 bits per heavy atom. The summed E-state index contributed by atoms with van der Waals surface area (Å²) in [5.41, 5.74) is 3.38. The maximum absolute atomic E-state index is 10.6. The van der Waals surface area contributed by atoms with Gasteiger partial charge in [0.15, 0.2) is 0 Å². The van der Waals surface area contributed by atoms with Crippen molar-refractivity contribution in [2.24, 2.45) is 11.3 Å². The van der Waals surface area contributed by atoms with E-state index in [2.05, 4.69) is 43.3 Å². The monoisotopic (exact) mass is 486 g/mol. The third-order valence-corrected chi connectivity index (χ3v) is 7.20. The minimum Gasteiger partial charge on any atom is -0.396 e. The molecule has 1 fully saturated rings. The highest BCUT2D eigenvalue weighted by atomic mass is 32.1. The highest BCUT2D eigenvalue weighted by Gasteiger charge is 2.41. The summed E-state index contributed by atoms with van der Waals surface area (Å²) in [6.45, 7) is 10.9. The molecule has 4 atom stereocenters. The fourth-order valence-corrected chi connectivity index (χ4v) is 5.34. The van der Waals surface area contributed by atoms with Gasteiger partial charge in [0.25, 0.3) is 0 Å². The second-order valence-electron chi connectivity index (χ2n) is 10.2. The Morgan fingerprint density at radius 1 is 1.15 bits per heavy atom. The Balaban J connectivity index is 1.77. The molecule has 0 spiro atoms. The molecule has 10 heteroatoms. The number of hydrogen-bond donors (Lipinski definition) is 5. The van der Waals surface area contributed by atoms with E-state index in [-0.39, 0.29) is 12.0 Å². The molecule has 0 radical (unpaired) electrons. The zero-order chi connectivity index (χ0) is 24.6. The van der Waals surface area contributed by atoms with Crippen molar-refractivity contribution in [1.29, 1.82) is 0 Å². The van der Waals surface area contributed by atoms with Gasteiger partial charge in [-0.25, -0.2) is 9.97 Å². The van der Waals surface area contributed by atoms with Gasteiger partial charge in [-0.3, -0.25) is 4.98 Å². The summed E-state index contributed by atoms with van der Waals surface area (Å²) < 4.78 is 1.04. The van der Waals surface area contributed by atoms with Gasteiger partial charge >= 0.3 is 0 Å². The molecular formula is C24H34N6O3S.